The zero-order valence-electron chi connectivity index (χ0n) is 17.8. The lowest BCUT2D eigenvalue weighted by Crippen LogP contribution is -2.60. The van der Waals surface area contributed by atoms with Crippen LogP contribution in [-0.2, 0) is 0 Å². The van der Waals surface area contributed by atoms with Crippen LogP contribution in [0.4, 0.5) is 0 Å². The fraction of sp³-hybridized carbons (Fsp3) is 0.429. The Morgan fingerprint density at radius 2 is 1.84 bits per heavy atom. The van der Waals surface area contributed by atoms with Crippen LogP contribution in [0.5, 0.6) is 5.19 Å². The van der Waals surface area contributed by atoms with E-state index in [0.717, 1.165) is 33.6 Å². The maximum Gasteiger partial charge on any atom is 0.276 e. The zero-order chi connectivity index (χ0) is 21.8. The summed E-state index contributed by atoms with van der Waals surface area (Å²) in [7, 11) is 0. The second-order valence-electron chi connectivity index (χ2n) is 9.24. The molecule has 8 nitrogen and oxygen atoms in total. The van der Waals surface area contributed by atoms with Gasteiger partial charge in [0.25, 0.3) is 10.8 Å². The molecule has 4 aromatic heterocycles. The predicted molar refractivity (Wildman–Crippen MR) is 123 cm³/mol. The van der Waals surface area contributed by atoms with Gasteiger partial charge in [-0.25, -0.2) is 4.98 Å². The van der Waals surface area contributed by atoms with Crippen LogP contribution < -0.4 is 15.6 Å². The van der Waals surface area contributed by atoms with Crippen LogP contribution >= 0.6 is 22.7 Å². The number of thiazole rings is 2. The van der Waals surface area contributed by atoms with Gasteiger partial charge in [-0.2, -0.15) is 10.1 Å². The van der Waals surface area contributed by atoms with E-state index in [0.29, 0.717) is 10.3 Å². The summed E-state index contributed by atoms with van der Waals surface area (Å²) in [4.78, 5) is 23.5. The van der Waals surface area contributed by atoms with Crippen LogP contribution in [0.3, 0.4) is 0 Å². The molecule has 1 aliphatic heterocycles. The van der Waals surface area contributed by atoms with E-state index < -0.39 is 0 Å². The Morgan fingerprint density at radius 3 is 2.48 bits per heavy atom. The molecule has 0 aromatic carbocycles. The molecule has 2 N–H and O–H groups in total. The van der Waals surface area contributed by atoms with Crippen LogP contribution in [-0.4, -0.2) is 41.9 Å². The van der Waals surface area contributed by atoms with E-state index in [-0.39, 0.29) is 22.7 Å². The van der Waals surface area contributed by atoms with Gasteiger partial charge in [-0.3, -0.25) is 14.5 Å². The molecular formula is C21H24N6O2S2. The van der Waals surface area contributed by atoms with Crippen molar-refractivity contribution < 1.29 is 4.74 Å². The molecular weight excluding hydrogens is 432 g/mol. The number of ether oxygens (including phenoxy) is 1. The monoisotopic (exact) mass is 456 g/mol. The first-order chi connectivity index (χ1) is 14.7. The highest BCUT2D eigenvalue weighted by Crippen LogP contribution is 2.36. The van der Waals surface area contributed by atoms with E-state index in [1.165, 1.54) is 22.7 Å². The third kappa shape index (κ3) is 4.15. The van der Waals surface area contributed by atoms with Crippen LogP contribution in [0.15, 0.2) is 35.5 Å². The average molecular weight is 457 g/mol. The number of nitrogens with zero attached hydrogens (tertiary/aromatic N) is 4. The Balaban J connectivity index is 1.37. The number of piperidine rings is 1. The minimum Gasteiger partial charge on any atom is -0.466 e. The molecule has 1 aliphatic rings. The van der Waals surface area contributed by atoms with Gasteiger partial charge in [-0.1, -0.05) is 22.7 Å². The highest BCUT2D eigenvalue weighted by molar-refractivity contribution is 7.28. The number of nitrogens with one attached hydrogen (secondary N) is 2. The predicted octanol–water partition coefficient (Wildman–Crippen LogP) is 3.98. The van der Waals surface area contributed by atoms with E-state index in [1.54, 1.807) is 29.2 Å². The third-order valence-electron chi connectivity index (χ3n) is 5.32. The maximum atomic E-state index is 12.6. The quantitative estimate of drug-likeness (QED) is 0.482. The summed E-state index contributed by atoms with van der Waals surface area (Å²) < 4.78 is 7.80. The van der Waals surface area contributed by atoms with Crippen molar-refractivity contribution in [1.82, 2.24) is 30.0 Å². The lowest BCUT2D eigenvalue weighted by atomic mass is 9.81. The molecule has 0 atom stereocenters. The molecule has 0 bridgehead atoms. The molecule has 5 rings (SSSR count). The zero-order valence-corrected chi connectivity index (χ0v) is 19.4. The largest absolute Gasteiger partial charge is 0.466 e. The van der Waals surface area contributed by atoms with Crippen molar-refractivity contribution in [2.45, 2.75) is 57.7 Å². The molecule has 0 amide bonds. The van der Waals surface area contributed by atoms with Gasteiger partial charge in [0.15, 0.2) is 14.8 Å². The number of pyridine rings is 1. The van der Waals surface area contributed by atoms with Gasteiger partial charge in [-0.15, -0.1) is 0 Å². The third-order valence-corrected chi connectivity index (χ3v) is 7.24. The molecule has 10 heteroatoms. The summed E-state index contributed by atoms with van der Waals surface area (Å²) in [5, 5.41) is 11.6. The van der Waals surface area contributed by atoms with Gasteiger partial charge in [0.1, 0.15) is 6.10 Å². The maximum absolute atomic E-state index is 12.6. The highest BCUT2D eigenvalue weighted by Gasteiger charge is 2.39. The fourth-order valence-corrected chi connectivity index (χ4v) is 6.38. The molecule has 5 heterocycles. The fourth-order valence-electron chi connectivity index (χ4n) is 4.45. The first-order valence-electron chi connectivity index (χ1n) is 10.1. The molecule has 0 radical (unpaired) electrons. The topological polar surface area (TPSA) is 97.7 Å². The Kier molecular flexibility index (Phi) is 4.76. The van der Waals surface area contributed by atoms with Crippen LogP contribution in [0.25, 0.3) is 25.9 Å². The van der Waals surface area contributed by atoms with Crippen molar-refractivity contribution in [2.24, 2.45) is 0 Å². The second-order valence-corrected chi connectivity index (χ2v) is 11.1. The number of hydrogen-bond acceptors (Lipinski definition) is 8. The summed E-state index contributed by atoms with van der Waals surface area (Å²) in [5.41, 5.74) is 1.56. The van der Waals surface area contributed by atoms with Gasteiger partial charge in [0.2, 0.25) is 0 Å². The lowest BCUT2D eigenvalue weighted by Gasteiger charge is -2.45. The second kappa shape index (κ2) is 7.25. The number of aromatic amines is 1. The lowest BCUT2D eigenvalue weighted by molar-refractivity contribution is 0.0559. The first kappa shape index (κ1) is 20.3. The van der Waals surface area contributed by atoms with Crippen molar-refractivity contribution >= 4 is 32.3 Å². The standard InChI is InChI=1S/C21H24N6O2S2/c1-20(2)8-14(9-21(3,4)26-20)29-19-25-17-16(31-19)24-18(30-17)27-6-5-12(7-15(27)28)13-10-22-23-11-13/h5-7,10-11,14,26H,8-9H2,1-4H3,(H,22,23). The number of aromatic nitrogens is 5. The minimum absolute atomic E-state index is 0.0102. The normalized spacial score (nSPS) is 18.5. The van der Waals surface area contributed by atoms with Gasteiger partial charge >= 0.3 is 0 Å². The summed E-state index contributed by atoms with van der Waals surface area (Å²) in [6.07, 6.45) is 7.12. The van der Waals surface area contributed by atoms with Crippen molar-refractivity contribution in [2.75, 3.05) is 0 Å². The average Bonchev–Trinajstić information content (AvgIpc) is 3.34. The molecule has 0 aliphatic carbocycles. The summed E-state index contributed by atoms with van der Waals surface area (Å²) in [5.74, 6) is 0. The van der Waals surface area contributed by atoms with Crippen molar-refractivity contribution in [1.29, 1.82) is 0 Å². The smallest absolute Gasteiger partial charge is 0.276 e. The molecule has 4 aromatic rings. The van der Waals surface area contributed by atoms with Gasteiger partial charge in [-0.05, 0) is 39.3 Å². The number of hydrogen-bond donors (Lipinski definition) is 2. The number of H-pyrrole nitrogens is 1. The van der Waals surface area contributed by atoms with Crippen molar-refractivity contribution in [3.8, 4) is 21.5 Å². The number of rotatable bonds is 4. The van der Waals surface area contributed by atoms with E-state index in [2.05, 4.69) is 53.2 Å². The molecule has 1 saturated heterocycles. The van der Waals surface area contributed by atoms with E-state index >= 15 is 0 Å². The Hall–Kier alpha value is -2.56. The Labute approximate surface area is 187 Å². The van der Waals surface area contributed by atoms with Gasteiger partial charge < -0.3 is 10.1 Å². The van der Waals surface area contributed by atoms with Crippen LogP contribution in [0.2, 0.25) is 0 Å². The Morgan fingerprint density at radius 1 is 1.10 bits per heavy atom. The Bertz CT molecular complexity index is 1240. The van der Waals surface area contributed by atoms with E-state index in [4.69, 9.17) is 4.74 Å². The van der Waals surface area contributed by atoms with Gasteiger partial charge in [0.05, 0.1) is 6.20 Å². The summed E-state index contributed by atoms with van der Waals surface area (Å²) in [6.45, 7) is 8.81. The van der Waals surface area contributed by atoms with Crippen LogP contribution in [0, 0.1) is 0 Å². The first-order valence-corrected chi connectivity index (χ1v) is 11.8. The SMILES string of the molecule is CC1(C)CC(Oc2nc3sc(-n4ccc(-c5cn[nH]c5)cc4=O)nc3s2)CC(C)(C)N1. The van der Waals surface area contributed by atoms with Crippen molar-refractivity contribution in [3.05, 3.63) is 41.1 Å². The van der Waals surface area contributed by atoms with E-state index in [1.807, 2.05) is 6.07 Å². The molecule has 162 valence electrons. The summed E-state index contributed by atoms with van der Waals surface area (Å²) >= 11 is 2.82. The summed E-state index contributed by atoms with van der Waals surface area (Å²) in [6, 6.07) is 3.47. The molecule has 1 fully saturated rings. The molecule has 0 unspecified atom stereocenters. The van der Waals surface area contributed by atoms with Gasteiger partial charge in [0, 0.05) is 47.9 Å². The highest BCUT2D eigenvalue weighted by atomic mass is 32.1. The molecule has 0 spiro atoms. The van der Waals surface area contributed by atoms with Crippen molar-refractivity contribution in [3.63, 3.8) is 0 Å². The molecule has 31 heavy (non-hydrogen) atoms. The number of fused-ring (bicyclic) bond motifs is 1. The minimum atomic E-state index is -0.143. The van der Waals surface area contributed by atoms with Crippen LogP contribution in [0.1, 0.15) is 40.5 Å². The van der Waals surface area contributed by atoms with E-state index in [9.17, 15) is 4.79 Å². The molecule has 0 saturated carbocycles.